The average Bonchev–Trinajstić information content (AvgIpc) is 2.27. The highest BCUT2D eigenvalue weighted by molar-refractivity contribution is 6.68. The van der Waals surface area contributed by atoms with Gasteiger partial charge < -0.3 is 15.2 Å². The molecule has 0 spiro atoms. The molecule has 17 heavy (non-hydrogen) atoms. The maximum absolute atomic E-state index is 11.6. The molecule has 4 nitrogen and oxygen atoms in total. The number of ether oxygens (including phenoxy) is 1. The normalized spacial score (nSPS) is 13.0. The van der Waals surface area contributed by atoms with E-state index in [1.165, 1.54) is 19.2 Å². The molecular weight excluding hydrogens is 288 g/mol. The fourth-order valence-corrected chi connectivity index (χ4v) is 1.20. The van der Waals surface area contributed by atoms with E-state index in [1.807, 2.05) is 0 Å². The first-order valence-electron chi connectivity index (χ1n) is 4.54. The van der Waals surface area contributed by atoms with Gasteiger partial charge in [0.25, 0.3) is 5.91 Å². The lowest BCUT2D eigenvalue weighted by Gasteiger charge is -2.19. The molecule has 0 bridgehead atoms. The largest absolute Gasteiger partial charge is 0.497 e. The number of carbonyl (C=O) groups excluding carboxylic acids is 1. The van der Waals surface area contributed by atoms with Crippen LogP contribution in [0.4, 0.5) is 0 Å². The van der Waals surface area contributed by atoms with Crippen LogP contribution in [0.15, 0.2) is 24.3 Å². The van der Waals surface area contributed by atoms with Crippen molar-refractivity contribution in [1.29, 1.82) is 0 Å². The first-order valence-corrected chi connectivity index (χ1v) is 5.67. The Morgan fingerprint density at radius 3 is 2.29 bits per heavy atom. The molecule has 1 rings (SSSR count). The van der Waals surface area contributed by atoms with Crippen LogP contribution in [0, 0.1) is 0 Å². The molecule has 0 saturated carbocycles. The van der Waals surface area contributed by atoms with Crippen LogP contribution in [0.2, 0.25) is 0 Å². The second-order valence-corrected chi connectivity index (χ2v) is 5.52. The van der Waals surface area contributed by atoms with Gasteiger partial charge in [0.1, 0.15) is 5.75 Å². The van der Waals surface area contributed by atoms with Crippen molar-refractivity contribution in [2.24, 2.45) is 0 Å². The van der Waals surface area contributed by atoms with E-state index in [0.29, 0.717) is 11.3 Å². The molecule has 0 aromatic heterocycles. The number of hydrogen-bond acceptors (Lipinski definition) is 3. The molecule has 1 aromatic rings. The molecule has 0 saturated heterocycles. The minimum atomic E-state index is -1.97. The summed E-state index contributed by atoms with van der Waals surface area (Å²) in [4.78, 5) is 11.6. The quantitative estimate of drug-likeness (QED) is 0.664. The Kier molecular flexibility index (Phi) is 4.89. The fourth-order valence-electron chi connectivity index (χ4n) is 1.03. The topological polar surface area (TPSA) is 58.6 Å². The van der Waals surface area contributed by atoms with Crippen molar-refractivity contribution < 1.29 is 14.6 Å². The third-order valence-corrected chi connectivity index (χ3v) is 2.55. The zero-order chi connectivity index (χ0) is 13.1. The highest BCUT2D eigenvalue weighted by Crippen LogP contribution is 2.29. The van der Waals surface area contributed by atoms with Crippen molar-refractivity contribution in [3.05, 3.63) is 29.8 Å². The molecule has 0 radical (unpaired) electrons. The van der Waals surface area contributed by atoms with Crippen LogP contribution in [0.25, 0.3) is 0 Å². The lowest BCUT2D eigenvalue weighted by molar-refractivity contribution is 0.0791. The molecular formula is C10H10Cl3NO3. The molecule has 1 atom stereocenters. The number of alkyl halides is 3. The molecule has 2 N–H and O–H groups in total. The summed E-state index contributed by atoms with van der Waals surface area (Å²) < 4.78 is 2.97. The van der Waals surface area contributed by atoms with Gasteiger partial charge in [-0.15, -0.1) is 0 Å². The van der Waals surface area contributed by atoms with Crippen LogP contribution in [0.1, 0.15) is 10.4 Å². The van der Waals surface area contributed by atoms with Crippen molar-refractivity contribution in [2.75, 3.05) is 7.11 Å². The smallest absolute Gasteiger partial charge is 0.253 e. The lowest BCUT2D eigenvalue weighted by Crippen LogP contribution is -2.43. The predicted octanol–water partition coefficient (Wildman–Crippen LogP) is 2.11. The number of amides is 1. The van der Waals surface area contributed by atoms with Gasteiger partial charge in [0.05, 0.1) is 7.11 Å². The Balaban J connectivity index is 2.70. The molecule has 0 unspecified atom stereocenters. The Morgan fingerprint density at radius 2 is 1.88 bits per heavy atom. The monoisotopic (exact) mass is 297 g/mol. The summed E-state index contributed by atoms with van der Waals surface area (Å²) >= 11 is 16.2. The summed E-state index contributed by atoms with van der Waals surface area (Å²) in [5.41, 5.74) is 0.319. The molecule has 1 aromatic carbocycles. The minimum Gasteiger partial charge on any atom is -0.497 e. The molecule has 0 aliphatic rings. The Morgan fingerprint density at radius 1 is 1.35 bits per heavy atom. The number of carbonyl (C=O) groups is 1. The van der Waals surface area contributed by atoms with E-state index in [2.05, 4.69) is 5.32 Å². The number of benzene rings is 1. The maximum atomic E-state index is 11.6. The second-order valence-electron chi connectivity index (χ2n) is 3.15. The number of methoxy groups -OCH3 is 1. The van der Waals surface area contributed by atoms with Crippen molar-refractivity contribution in [3.63, 3.8) is 0 Å². The van der Waals surface area contributed by atoms with E-state index in [1.54, 1.807) is 12.1 Å². The van der Waals surface area contributed by atoms with E-state index in [-0.39, 0.29) is 0 Å². The number of hydrogen-bond donors (Lipinski definition) is 2. The predicted molar refractivity (Wildman–Crippen MR) is 66.8 cm³/mol. The van der Waals surface area contributed by atoms with Crippen molar-refractivity contribution in [3.8, 4) is 5.75 Å². The van der Waals surface area contributed by atoms with Gasteiger partial charge in [-0.2, -0.15) is 0 Å². The first kappa shape index (κ1) is 14.4. The molecule has 1 amide bonds. The van der Waals surface area contributed by atoms with Crippen LogP contribution in [-0.2, 0) is 0 Å². The number of rotatable bonds is 3. The van der Waals surface area contributed by atoms with E-state index >= 15 is 0 Å². The first-order chi connectivity index (χ1) is 7.84. The molecule has 0 fully saturated rings. The van der Waals surface area contributed by atoms with Crippen LogP contribution in [0.3, 0.4) is 0 Å². The van der Waals surface area contributed by atoms with Crippen molar-refractivity contribution in [2.45, 2.75) is 10.0 Å². The summed E-state index contributed by atoms with van der Waals surface area (Å²) in [5, 5.41) is 11.5. The molecule has 0 heterocycles. The molecule has 0 aliphatic heterocycles. The summed E-state index contributed by atoms with van der Waals surface area (Å²) in [6.07, 6.45) is -1.58. The minimum absolute atomic E-state index is 0.319. The number of aliphatic hydroxyl groups is 1. The maximum Gasteiger partial charge on any atom is 0.253 e. The molecule has 7 heteroatoms. The van der Waals surface area contributed by atoms with Gasteiger partial charge in [-0.25, -0.2) is 0 Å². The average molecular weight is 299 g/mol. The van der Waals surface area contributed by atoms with Crippen LogP contribution < -0.4 is 10.1 Å². The Bertz CT molecular complexity index is 389. The molecule has 0 aliphatic carbocycles. The fraction of sp³-hybridized carbons (Fsp3) is 0.300. The van der Waals surface area contributed by atoms with E-state index in [9.17, 15) is 9.90 Å². The SMILES string of the molecule is COc1ccc(C(=O)N[C@@H](O)C(Cl)(Cl)Cl)cc1. The van der Waals surface area contributed by atoms with E-state index in [4.69, 9.17) is 39.5 Å². The molecule has 94 valence electrons. The standard InChI is InChI=1S/C10H10Cl3NO3/c1-17-7-4-2-6(3-5-7)8(15)14-9(16)10(11,12)13/h2-5,9,16H,1H3,(H,14,15)/t9-/m0/s1. The van der Waals surface area contributed by atoms with Crippen molar-refractivity contribution >= 4 is 40.7 Å². The zero-order valence-corrected chi connectivity index (χ0v) is 11.1. The Labute approximate surface area is 113 Å². The zero-order valence-electron chi connectivity index (χ0n) is 8.78. The summed E-state index contributed by atoms with van der Waals surface area (Å²) in [7, 11) is 1.52. The van der Waals surface area contributed by atoms with Gasteiger partial charge in [0.15, 0.2) is 6.23 Å². The van der Waals surface area contributed by atoms with Crippen LogP contribution in [-0.4, -0.2) is 28.1 Å². The highest BCUT2D eigenvalue weighted by atomic mass is 35.6. The lowest BCUT2D eigenvalue weighted by atomic mass is 10.2. The van der Waals surface area contributed by atoms with Gasteiger partial charge in [-0.05, 0) is 24.3 Å². The number of nitrogens with one attached hydrogen (secondary N) is 1. The van der Waals surface area contributed by atoms with E-state index in [0.717, 1.165) is 0 Å². The van der Waals surface area contributed by atoms with Crippen LogP contribution in [0.5, 0.6) is 5.75 Å². The van der Waals surface area contributed by atoms with Gasteiger partial charge >= 0.3 is 0 Å². The number of halogens is 3. The summed E-state index contributed by atoms with van der Waals surface area (Å²) in [6.45, 7) is 0. The third kappa shape index (κ3) is 4.24. The number of aliphatic hydroxyl groups excluding tert-OH is 1. The highest BCUT2D eigenvalue weighted by Gasteiger charge is 2.32. The van der Waals surface area contributed by atoms with Gasteiger partial charge in [-0.3, -0.25) is 4.79 Å². The summed E-state index contributed by atoms with van der Waals surface area (Å²) in [6, 6.07) is 6.27. The second kappa shape index (κ2) is 5.78. The Hall–Kier alpha value is -0.680. The van der Waals surface area contributed by atoms with Crippen LogP contribution >= 0.6 is 34.8 Å². The third-order valence-electron chi connectivity index (χ3n) is 1.93. The van der Waals surface area contributed by atoms with E-state index < -0.39 is 15.9 Å². The van der Waals surface area contributed by atoms with Gasteiger partial charge in [0.2, 0.25) is 3.79 Å². The van der Waals surface area contributed by atoms with Crippen molar-refractivity contribution in [1.82, 2.24) is 5.32 Å². The van der Waals surface area contributed by atoms with Gasteiger partial charge in [0, 0.05) is 5.56 Å². The van der Waals surface area contributed by atoms with Gasteiger partial charge in [-0.1, -0.05) is 34.8 Å². The summed E-state index contributed by atoms with van der Waals surface area (Å²) in [5.74, 6) is 0.0648.